The second-order valence-corrected chi connectivity index (χ2v) is 12.9. The summed E-state index contributed by atoms with van der Waals surface area (Å²) in [5.74, 6) is 2.11. The average Bonchev–Trinajstić information content (AvgIpc) is 3.59. The van der Waals surface area contributed by atoms with Crippen molar-refractivity contribution in [3.05, 3.63) is 163 Å². The third-order valence-electron chi connectivity index (χ3n) is 8.75. The third-order valence-corrected chi connectivity index (χ3v) is 8.75. The normalized spacial score (nSPS) is 16.0. The number of nitrogens with zero attached hydrogens (tertiary/aromatic N) is 4. The van der Waals surface area contributed by atoms with E-state index in [1.54, 1.807) is 0 Å². The van der Waals surface area contributed by atoms with E-state index in [1.807, 2.05) is 30.5 Å². The number of pyridine rings is 1. The molecule has 2 aromatic heterocycles. The van der Waals surface area contributed by atoms with Gasteiger partial charge < -0.3 is 19.1 Å². The number of hydrogen-bond acceptors (Lipinski definition) is 4. The number of hydrogen-bond donors (Lipinski definition) is 0. The Balaban J connectivity index is 0.00000364. The van der Waals surface area contributed by atoms with Gasteiger partial charge in [0.05, 0.1) is 0 Å². The van der Waals surface area contributed by atoms with Crippen LogP contribution in [0.15, 0.2) is 139 Å². The molecule has 2 aliphatic rings. The van der Waals surface area contributed by atoms with Gasteiger partial charge in [-0.25, -0.2) is 4.98 Å². The van der Waals surface area contributed by atoms with Gasteiger partial charge in [-0.05, 0) is 53.6 Å². The van der Waals surface area contributed by atoms with E-state index in [-0.39, 0.29) is 26.5 Å². The van der Waals surface area contributed by atoms with E-state index in [4.69, 9.17) is 4.74 Å². The molecule has 48 heavy (non-hydrogen) atoms. The molecule has 1 aliphatic carbocycles. The van der Waals surface area contributed by atoms with Crippen molar-refractivity contribution in [2.24, 2.45) is 0 Å². The molecular formula is C42H35N4OPt-3. The van der Waals surface area contributed by atoms with Gasteiger partial charge in [-0.2, -0.15) is 6.07 Å². The second-order valence-electron chi connectivity index (χ2n) is 12.9. The zero-order valence-corrected chi connectivity index (χ0v) is 29.4. The molecule has 3 heterocycles. The van der Waals surface area contributed by atoms with Gasteiger partial charge >= 0.3 is 0 Å². The number of rotatable bonds is 5. The maximum Gasteiger partial charge on any atom is 0.135 e. The summed E-state index contributed by atoms with van der Waals surface area (Å²) in [7, 11) is 0. The van der Waals surface area contributed by atoms with Crippen LogP contribution in [0.2, 0.25) is 0 Å². The van der Waals surface area contributed by atoms with Crippen molar-refractivity contribution in [2.45, 2.75) is 39.0 Å². The fourth-order valence-electron chi connectivity index (χ4n) is 6.36. The van der Waals surface area contributed by atoms with Crippen LogP contribution < -0.4 is 14.5 Å². The van der Waals surface area contributed by atoms with E-state index in [0.29, 0.717) is 11.5 Å². The van der Waals surface area contributed by atoms with E-state index in [1.165, 1.54) is 5.70 Å². The summed E-state index contributed by atoms with van der Waals surface area (Å²) in [4.78, 5) is 9.20. The van der Waals surface area contributed by atoms with Crippen LogP contribution in [0.3, 0.4) is 0 Å². The molecule has 4 aromatic carbocycles. The molecule has 6 aromatic rings. The van der Waals surface area contributed by atoms with Gasteiger partial charge in [0.15, 0.2) is 0 Å². The Kier molecular flexibility index (Phi) is 8.57. The Hall–Kier alpha value is -4.86. The number of allylic oxidation sites excluding steroid dienone is 4. The molecule has 0 bridgehead atoms. The summed E-state index contributed by atoms with van der Waals surface area (Å²) in [5.41, 5.74) is 7.46. The van der Waals surface area contributed by atoms with Gasteiger partial charge in [-0.15, -0.1) is 53.6 Å². The molecule has 0 unspecified atom stereocenters. The molecule has 0 fully saturated rings. The first-order chi connectivity index (χ1) is 22.9. The van der Waals surface area contributed by atoms with E-state index in [2.05, 4.69) is 156 Å². The van der Waals surface area contributed by atoms with Crippen LogP contribution in [0.4, 0.5) is 11.4 Å². The van der Waals surface area contributed by atoms with E-state index in [0.717, 1.165) is 63.1 Å². The predicted octanol–water partition coefficient (Wildman–Crippen LogP) is 10.4. The van der Waals surface area contributed by atoms with Gasteiger partial charge in [-0.3, -0.25) is 0 Å². The van der Waals surface area contributed by atoms with Crippen LogP contribution in [0, 0.1) is 18.8 Å². The van der Waals surface area contributed by atoms with Crippen molar-refractivity contribution < 1.29 is 25.8 Å². The second kappa shape index (κ2) is 13.0. The predicted molar refractivity (Wildman–Crippen MR) is 192 cm³/mol. The number of para-hydroxylation sites is 2. The van der Waals surface area contributed by atoms with Crippen LogP contribution in [-0.2, 0) is 26.5 Å². The van der Waals surface area contributed by atoms with Crippen molar-refractivity contribution in [2.75, 3.05) is 9.80 Å². The van der Waals surface area contributed by atoms with Crippen LogP contribution >= 0.6 is 0 Å². The first-order valence-corrected chi connectivity index (χ1v) is 16.1. The Labute approximate surface area is 296 Å². The Bertz CT molecular complexity index is 2190. The van der Waals surface area contributed by atoms with Crippen LogP contribution in [-0.4, -0.2) is 9.55 Å². The zero-order valence-electron chi connectivity index (χ0n) is 27.1. The number of fused-ring (bicyclic) bond motifs is 3. The molecule has 8 rings (SSSR count). The van der Waals surface area contributed by atoms with Crippen LogP contribution in [0.5, 0.6) is 11.5 Å². The SMILES string of the molecule is CC(C)(C)c1cc(Oc2[c-]c3c(cc2)c2ccccc2n3-c2ccccn2)[c-]c(N2[CH-]N(c3ccccc3)C3=C2/C=C\C/C=C\C3)c1.[Pt]. The Morgan fingerprint density at radius 3 is 2.40 bits per heavy atom. The largest absolute Gasteiger partial charge is 0.509 e. The standard InChI is InChI=1S/C42H35N4O.Pt/c1-42(2,3)30-25-32(45-29-44(31-15-7-6-8-16-31)38-19-9-4-5-10-20-39(38)45)27-34(26-30)47-33-22-23-36-35-17-11-12-18-37(35)46(40(36)28-33)41-21-13-14-24-43-41;/h4,6-18,20-26,29H,5,19H2,1-3H3;/q-3;/b9-4-,20-10-;. The van der Waals surface area contributed by atoms with Crippen LogP contribution in [0.1, 0.15) is 39.2 Å². The fraction of sp³-hybridized carbons (Fsp3) is 0.143. The number of ether oxygens (including phenoxy) is 1. The van der Waals surface area contributed by atoms with Crippen LogP contribution in [0.25, 0.3) is 27.6 Å². The minimum Gasteiger partial charge on any atom is -0.509 e. The molecular weight excluding hydrogens is 772 g/mol. The molecule has 0 radical (unpaired) electrons. The van der Waals surface area contributed by atoms with Crippen molar-refractivity contribution in [3.63, 3.8) is 0 Å². The zero-order chi connectivity index (χ0) is 32.0. The summed E-state index contributed by atoms with van der Waals surface area (Å²) in [5, 5.41) is 2.25. The van der Waals surface area contributed by atoms with Crippen molar-refractivity contribution >= 4 is 33.2 Å². The van der Waals surface area contributed by atoms with Gasteiger partial charge in [-0.1, -0.05) is 87.0 Å². The molecule has 0 amide bonds. The average molecular weight is 807 g/mol. The van der Waals surface area contributed by atoms with Crippen molar-refractivity contribution in [3.8, 4) is 17.3 Å². The van der Waals surface area contributed by atoms with Gasteiger partial charge in [0, 0.05) is 67.8 Å². The monoisotopic (exact) mass is 806 g/mol. The van der Waals surface area contributed by atoms with Crippen molar-refractivity contribution in [1.82, 2.24) is 9.55 Å². The molecule has 0 spiro atoms. The Morgan fingerprint density at radius 1 is 0.771 bits per heavy atom. The van der Waals surface area contributed by atoms with Gasteiger partial charge in [0.1, 0.15) is 5.82 Å². The summed E-state index contributed by atoms with van der Waals surface area (Å²) in [6.07, 6.45) is 12.5. The smallest absolute Gasteiger partial charge is 0.135 e. The summed E-state index contributed by atoms with van der Waals surface area (Å²) in [6.45, 7) is 8.87. The molecule has 0 N–H and O–H groups in total. The molecule has 0 atom stereocenters. The minimum atomic E-state index is -0.114. The molecule has 5 nitrogen and oxygen atoms in total. The minimum absolute atomic E-state index is 0. The summed E-state index contributed by atoms with van der Waals surface area (Å²) in [6, 6.07) is 40.6. The maximum atomic E-state index is 6.66. The van der Waals surface area contributed by atoms with E-state index in [9.17, 15) is 0 Å². The maximum absolute atomic E-state index is 6.66. The molecule has 1 aliphatic heterocycles. The van der Waals surface area contributed by atoms with Gasteiger partial charge in [0.25, 0.3) is 0 Å². The van der Waals surface area contributed by atoms with Gasteiger partial charge in [0.2, 0.25) is 0 Å². The molecule has 0 saturated heterocycles. The molecule has 242 valence electrons. The summed E-state index contributed by atoms with van der Waals surface area (Å²) >= 11 is 0. The van der Waals surface area contributed by atoms with Crippen molar-refractivity contribution in [1.29, 1.82) is 0 Å². The molecule has 0 saturated carbocycles. The number of anilines is 2. The summed E-state index contributed by atoms with van der Waals surface area (Å²) < 4.78 is 8.81. The fourth-order valence-corrected chi connectivity index (χ4v) is 6.36. The first-order valence-electron chi connectivity index (χ1n) is 16.1. The number of benzene rings is 4. The quantitative estimate of drug-likeness (QED) is 0.128. The third kappa shape index (κ3) is 5.88. The van der Waals surface area contributed by atoms with E-state index >= 15 is 0 Å². The first kappa shape index (κ1) is 31.7. The number of aromatic nitrogens is 2. The van der Waals surface area contributed by atoms with E-state index < -0.39 is 0 Å². The molecule has 6 heteroatoms. The Morgan fingerprint density at radius 2 is 1.58 bits per heavy atom. The topological polar surface area (TPSA) is 33.5 Å².